The molecule has 0 amide bonds. The van der Waals surface area contributed by atoms with Gasteiger partial charge in [0.05, 0.1) is 4.90 Å². The number of benzene rings is 1. The molecule has 4 heteroatoms. The smallest absolute Gasteiger partial charge is 0.194 e. The normalized spacial score (nSPS) is 14.2. The SMILES string of the molecule is CC(Cl)S(=O)(=O)c1ccccc1. The van der Waals surface area contributed by atoms with Crippen LogP contribution < -0.4 is 0 Å². The van der Waals surface area contributed by atoms with E-state index in [2.05, 4.69) is 0 Å². The maximum Gasteiger partial charge on any atom is 0.194 e. The van der Waals surface area contributed by atoms with E-state index in [9.17, 15) is 8.42 Å². The maximum absolute atomic E-state index is 11.4. The molecule has 0 radical (unpaired) electrons. The first-order valence-corrected chi connectivity index (χ1v) is 5.46. The number of hydrogen-bond donors (Lipinski definition) is 0. The molecular formula is C8H9ClO2S. The molecule has 0 N–H and O–H groups in total. The predicted molar refractivity (Wildman–Crippen MR) is 48.9 cm³/mol. The first kappa shape index (κ1) is 9.55. The molecule has 0 aromatic heterocycles. The molecule has 12 heavy (non-hydrogen) atoms. The topological polar surface area (TPSA) is 34.1 Å². The van der Waals surface area contributed by atoms with Crippen LogP contribution in [0.1, 0.15) is 6.92 Å². The average molecular weight is 205 g/mol. The molecule has 0 saturated carbocycles. The molecule has 1 atom stereocenters. The fourth-order valence-corrected chi connectivity index (χ4v) is 2.02. The van der Waals surface area contributed by atoms with E-state index in [-0.39, 0.29) is 4.90 Å². The van der Waals surface area contributed by atoms with E-state index in [1.165, 1.54) is 19.1 Å². The van der Waals surface area contributed by atoms with E-state index in [1.54, 1.807) is 18.2 Å². The lowest BCUT2D eigenvalue weighted by atomic mass is 10.4. The number of sulfone groups is 1. The third-order valence-corrected chi connectivity index (χ3v) is 3.99. The van der Waals surface area contributed by atoms with Crippen LogP contribution in [-0.2, 0) is 9.84 Å². The van der Waals surface area contributed by atoms with Crippen molar-refractivity contribution in [2.45, 2.75) is 16.5 Å². The van der Waals surface area contributed by atoms with Gasteiger partial charge in [-0.05, 0) is 19.1 Å². The Balaban J connectivity index is 3.17. The monoisotopic (exact) mass is 204 g/mol. The second-order valence-electron chi connectivity index (χ2n) is 2.40. The van der Waals surface area contributed by atoms with Crippen LogP contribution >= 0.6 is 11.6 Å². The summed E-state index contributed by atoms with van der Waals surface area (Å²) in [6.07, 6.45) is 0. The summed E-state index contributed by atoms with van der Waals surface area (Å²) >= 11 is 5.52. The van der Waals surface area contributed by atoms with E-state index in [0.29, 0.717) is 0 Å². The molecule has 0 aliphatic carbocycles. The lowest BCUT2D eigenvalue weighted by Gasteiger charge is -2.04. The van der Waals surface area contributed by atoms with Crippen molar-refractivity contribution in [3.63, 3.8) is 0 Å². The Morgan fingerprint density at radius 2 is 1.75 bits per heavy atom. The van der Waals surface area contributed by atoms with Gasteiger partial charge in [0.2, 0.25) is 0 Å². The Bertz CT molecular complexity index is 343. The Morgan fingerprint density at radius 1 is 1.25 bits per heavy atom. The summed E-state index contributed by atoms with van der Waals surface area (Å²) in [5, 5.41) is 0. The molecule has 1 aromatic rings. The first-order valence-electron chi connectivity index (χ1n) is 3.48. The van der Waals surface area contributed by atoms with Crippen molar-refractivity contribution in [2.24, 2.45) is 0 Å². The van der Waals surface area contributed by atoms with Gasteiger partial charge >= 0.3 is 0 Å². The zero-order valence-electron chi connectivity index (χ0n) is 6.57. The van der Waals surface area contributed by atoms with Crippen molar-refractivity contribution in [3.8, 4) is 0 Å². The zero-order chi connectivity index (χ0) is 9.19. The largest absolute Gasteiger partial charge is 0.222 e. The van der Waals surface area contributed by atoms with Gasteiger partial charge in [-0.25, -0.2) is 8.42 Å². The lowest BCUT2D eigenvalue weighted by molar-refractivity contribution is 0.594. The minimum atomic E-state index is -3.31. The Labute approximate surface area is 77.1 Å². The fraction of sp³-hybridized carbons (Fsp3) is 0.250. The van der Waals surface area contributed by atoms with Crippen LogP contribution in [0, 0.1) is 0 Å². The molecule has 1 aromatic carbocycles. The minimum Gasteiger partial charge on any atom is -0.222 e. The molecule has 0 saturated heterocycles. The number of alkyl halides is 1. The predicted octanol–water partition coefficient (Wildman–Crippen LogP) is 2.05. The molecule has 1 rings (SSSR count). The van der Waals surface area contributed by atoms with Gasteiger partial charge in [0.1, 0.15) is 4.71 Å². The van der Waals surface area contributed by atoms with Crippen molar-refractivity contribution in [2.75, 3.05) is 0 Å². The average Bonchev–Trinajstić information content (AvgIpc) is 2.06. The third kappa shape index (κ3) is 1.79. The first-order chi connectivity index (χ1) is 5.55. The van der Waals surface area contributed by atoms with Gasteiger partial charge in [0.15, 0.2) is 9.84 Å². The number of hydrogen-bond acceptors (Lipinski definition) is 2. The van der Waals surface area contributed by atoms with Gasteiger partial charge in [0, 0.05) is 0 Å². The summed E-state index contributed by atoms with van der Waals surface area (Å²) in [6, 6.07) is 8.18. The van der Waals surface area contributed by atoms with Gasteiger partial charge in [0.25, 0.3) is 0 Å². The standard InChI is InChI=1S/C8H9ClO2S/c1-7(9)12(10,11)8-5-3-2-4-6-8/h2-7H,1H3. The second-order valence-corrected chi connectivity index (χ2v) is 5.58. The second kappa shape index (κ2) is 3.46. The maximum atomic E-state index is 11.4. The van der Waals surface area contributed by atoms with Crippen molar-refractivity contribution in [1.82, 2.24) is 0 Å². The van der Waals surface area contributed by atoms with Crippen LogP contribution in [0.5, 0.6) is 0 Å². The van der Waals surface area contributed by atoms with E-state index in [4.69, 9.17) is 11.6 Å². The molecule has 0 heterocycles. The minimum absolute atomic E-state index is 0.271. The Hall–Kier alpha value is -0.540. The highest BCUT2D eigenvalue weighted by Gasteiger charge is 2.19. The van der Waals surface area contributed by atoms with Crippen LogP contribution in [0.3, 0.4) is 0 Å². The van der Waals surface area contributed by atoms with Crippen LogP contribution in [0.25, 0.3) is 0 Å². The van der Waals surface area contributed by atoms with Gasteiger partial charge in [-0.2, -0.15) is 0 Å². The number of rotatable bonds is 2. The van der Waals surface area contributed by atoms with Crippen LogP contribution in [-0.4, -0.2) is 13.1 Å². The van der Waals surface area contributed by atoms with Gasteiger partial charge in [-0.1, -0.05) is 18.2 Å². The van der Waals surface area contributed by atoms with Crippen molar-refractivity contribution in [1.29, 1.82) is 0 Å². The van der Waals surface area contributed by atoms with Crippen LogP contribution in [0.2, 0.25) is 0 Å². The summed E-state index contributed by atoms with van der Waals surface area (Å²) in [5.74, 6) is 0. The molecule has 1 unspecified atom stereocenters. The van der Waals surface area contributed by atoms with Crippen LogP contribution in [0.15, 0.2) is 35.2 Å². The Kier molecular flexibility index (Phi) is 2.75. The molecule has 2 nitrogen and oxygen atoms in total. The molecule has 0 bridgehead atoms. The van der Waals surface area contributed by atoms with Crippen molar-refractivity contribution < 1.29 is 8.42 Å². The summed E-state index contributed by atoms with van der Waals surface area (Å²) < 4.78 is 21.9. The van der Waals surface area contributed by atoms with Crippen molar-refractivity contribution >= 4 is 21.4 Å². The molecule has 0 aliphatic heterocycles. The highest BCUT2D eigenvalue weighted by Crippen LogP contribution is 2.17. The van der Waals surface area contributed by atoms with E-state index in [0.717, 1.165) is 0 Å². The molecule has 0 spiro atoms. The zero-order valence-corrected chi connectivity index (χ0v) is 8.14. The molecular weight excluding hydrogens is 196 g/mol. The van der Waals surface area contributed by atoms with Gasteiger partial charge < -0.3 is 0 Å². The molecule has 0 aliphatic rings. The summed E-state index contributed by atoms with van der Waals surface area (Å²) in [7, 11) is -3.31. The highest BCUT2D eigenvalue weighted by atomic mass is 35.5. The van der Waals surface area contributed by atoms with E-state index in [1.807, 2.05) is 0 Å². The lowest BCUT2D eigenvalue weighted by Crippen LogP contribution is -2.11. The van der Waals surface area contributed by atoms with Gasteiger partial charge in [-0.15, -0.1) is 11.6 Å². The summed E-state index contributed by atoms with van der Waals surface area (Å²) in [5.41, 5.74) is 0. The third-order valence-electron chi connectivity index (χ3n) is 1.50. The summed E-state index contributed by atoms with van der Waals surface area (Å²) in [4.78, 5) is 0.271. The van der Waals surface area contributed by atoms with Gasteiger partial charge in [-0.3, -0.25) is 0 Å². The fourth-order valence-electron chi connectivity index (χ4n) is 0.798. The van der Waals surface area contributed by atoms with E-state index < -0.39 is 14.5 Å². The summed E-state index contributed by atoms with van der Waals surface area (Å²) in [6.45, 7) is 1.45. The van der Waals surface area contributed by atoms with Crippen molar-refractivity contribution in [3.05, 3.63) is 30.3 Å². The van der Waals surface area contributed by atoms with Crippen LogP contribution in [0.4, 0.5) is 0 Å². The molecule has 66 valence electrons. The van der Waals surface area contributed by atoms with E-state index >= 15 is 0 Å². The molecule has 0 fully saturated rings. The highest BCUT2D eigenvalue weighted by molar-refractivity contribution is 7.93. The quantitative estimate of drug-likeness (QED) is 0.691. The Morgan fingerprint density at radius 3 is 2.17 bits per heavy atom. The number of halogens is 1.